The van der Waals surface area contributed by atoms with Gasteiger partial charge in [0.25, 0.3) is 5.78 Å². The van der Waals surface area contributed by atoms with Gasteiger partial charge in [0.15, 0.2) is 11.5 Å². The molecule has 9 nitrogen and oxygen atoms in total. The van der Waals surface area contributed by atoms with Gasteiger partial charge in [-0.15, -0.1) is 11.3 Å². The van der Waals surface area contributed by atoms with Crippen molar-refractivity contribution in [2.45, 2.75) is 19.9 Å². The molecule has 1 aliphatic rings. The zero-order valence-corrected chi connectivity index (χ0v) is 21.7. The van der Waals surface area contributed by atoms with Gasteiger partial charge in [0.05, 0.1) is 43.5 Å². The summed E-state index contributed by atoms with van der Waals surface area (Å²) in [6.07, 6.45) is 0. The van der Waals surface area contributed by atoms with E-state index in [0.29, 0.717) is 38.7 Å². The number of rotatable bonds is 6. The lowest BCUT2D eigenvalue weighted by Crippen LogP contribution is -2.30. The van der Waals surface area contributed by atoms with E-state index in [4.69, 9.17) is 14.2 Å². The number of ether oxygens (including phenoxy) is 3. The van der Waals surface area contributed by atoms with Gasteiger partial charge in [-0.1, -0.05) is 12.1 Å². The summed E-state index contributed by atoms with van der Waals surface area (Å²) in [6, 6.07) is 9.80. The molecule has 0 bridgehead atoms. The van der Waals surface area contributed by atoms with Crippen LogP contribution in [0, 0.1) is 13.8 Å². The highest BCUT2D eigenvalue weighted by atomic mass is 32.1. The van der Waals surface area contributed by atoms with Gasteiger partial charge in [-0.2, -0.15) is 0 Å². The molecule has 0 spiro atoms. The topological polar surface area (TPSA) is 114 Å². The second kappa shape index (κ2) is 9.29. The summed E-state index contributed by atoms with van der Waals surface area (Å²) in [5, 5.41) is 13.4. The zero-order valence-electron chi connectivity index (χ0n) is 20.9. The van der Waals surface area contributed by atoms with Gasteiger partial charge in [-0.05, 0) is 42.5 Å². The number of benzene rings is 2. The molecule has 2 N–H and O–H groups in total. The van der Waals surface area contributed by atoms with E-state index < -0.39 is 17.7 Å². The van der Waals surface area contributed by atoms with Crippen LogP contribution in [-0.2, 0) is 9.59 Å². The van der Waals surface area contributed by atoms with Crippen LogP contribution in [0.3, 0.4) is 0 Å². The number of aromatic nitrogens is 2. The third-order valence-corrected chi connectivity index (χ3v) is 7.26. The van der Waals surface area contributed by atoms with E-state index >= 15 is 0 Å². The molecule has 1 saturated heterocycles. The minimum Gasteiger partial charge on any atom is -0.507 e. The van der Waals surface area contributed by atoms with Crippen molar-refractivity contribution in [3.8, 4) is 17.2 Å². The normalized spacial score (nSPS) is 17.0. The van der Waals surface area contributed by atoms with Crippen LogP contribution < -0.4 is 19.1 Å². The number of hydrogen-bond donors (Lipinski definition) is 2. The monoisotopic (exact) mass is 519 g/mol. The van der Waals surface area contributed by atoms with Gasteiger partial charge in [0.1, 0.15) is 17.6 Å². The lowest BCUT2D eigenvalue weighted by Gasteiger charge is -2.22. The first-order valence-electron chi connectivity index (χ1n) is 11.4. The summed E-state index contributed by atoms with van der Waals surface area (Å²) in [7, 11) is 4.55. The molecule has 3 heterocycles. The first kappa shape index (κ1) is 24.4. The molecule has 0 saturated carbocycles. The summed E-state index contributed by atoms with van der Waals surface area (Å²) in [5.74, 6) is -0.355. The van der Waals surface area contributed by atoms with Crippen molar-refractivity contribution in [1.29, 1.82) is 0 Å². The maximum atomic E-state index is 13.5. The molecule has 0 radical (unpaired) electrons. The van der Waals surface area contributed by atoms with Gasteiger partial charge in [0.2, 0.25) is 5.95 Å². The predicted octanol–water partition coefficient (Wildman–Crippen LogP) is 4.89. The molecule has 1 atom stereocenters. The molecular formula is C27H25N3O6S. The van der Waals surface area contributed by atoms with Crippen molar-refractivity contribution in [2.24, 2.45) is 0 Å². The number of thiophene rings is 1. The number of nitrogens with one attached hydrogen (secondary N) is 1. The number of hydrogen-bond acceptors (Lipinski definition) is 8. The molecule has 37 heavy (non-hydrogen) atoms. The molecule has 0 aliphatic carbocycles. The van der Waals surface area contributed by atoms with E-state index in [2.05, 4.69) is 9.97 Å². The molecular weight excluding hydrogens is 494 g/mol. The standard InChI is InChI=1S/C27H25N3O6S/c1-13-9-14(2)25(36-5)15(10-13)23(31)21-22(20-7-6-8-37-20)30(26(33)24(21)32)27-28-16-11-18(34-3)19(35-4)12-17(16)29-27/h6-12,22,31H,1-5H3,(H,28,29)/b23-21+. The maximum Gasteiger partial charge on any atom is 0.302 e. The summed E-state index contributed by atoms with van der Waals surface area (Å²) in [5.41, 5.74) is 3.10. The molecule has 1 amide bonds. The molecule has 4 aromatic rings. The number of aliphatic hydroxyl groups is 1. The molecule has 190 valence electrons. The summed E-state index contributed by atoms with van der Waals surface area (Å²) < 4.78 is 16.3. The minimum atomic E-state index is -0.894. The van der Waals surface area contributed by atoms with Crippen molar-refractivity contribution in [2.75, 3.05) is 26.2 Å². The largest absolute Gasteiger partial charge is 0.507 e. The SMILES string of the molecule is COc1cc2nc(N3C(=O)C(=O)/C(=C(/O)c4cc(C)cc(C)c4OC)C3c3cccs3)[nH]c2cc1OC. The van der Waals surface area contributed by atoms with Crippen LogP contribution >= 0.6 is 11.3 Å². The number of Topliss-reactive ketones (excluding diaryl/α,β-unsaturated/α-hetero) is 1. The highest BCUT2D eigenvalue weighted by molar-refractivity contribution is 7.10. The number of imidazole rings is 1. The smallest absolute Gasteiger partial charge is 0.302 e. The number of fused-ring (bicyclic) bond motifs is 1. The highest BCUT2D eigenvalue weighted by Crippen LogP contribution is 2.45. The van der Waals surface area contributed by atoms with E-state index in [9.17, 15) is 14.7 Å². The number of carbonyl (C=O) groups is 2. The second-order valence-corrected chi connectivity index (χ2v) is 9.61. The Morgan fingerprint density at radius 1 is 1.05 bits per heavy atom. The fourth-order valence-corrected chi connectivity index (χ4v) is 5.57. The predicted molar refractivity (Wildman–Crippen MR) is 141 cm³/mol. The van der Waals surface area contributed by atoms with Crippen LogP contribution in [0.4, 0.5) is 5.95 Å². The van der Waals surface area contributed by atoms with Crippen LogP contribution in [-0.4, -0.2) is 48.1 Å². The summed E-state index contributed by atoms with van der Waals surface area (Å²) in [6.45, 7) is 3.74. The molecule has 1 fully saturated rings. The van der Waals surface area contributed by atoms with Crippen molar-refractivity contribution >= 4 is 45.8 Å². The number of anilines is 1. The minimum absolute atomic E-state index is 0.0358. The number of nitrogens with zero attached hydrogens (tertiary/aromatic N) is 2. The van der Waals surface area contributed by atoms with E-state index in [1.807, 2.05) is 37.4 Å². The van der Waals surface area contributed by atoms with Crippen molar-refractivity contribution in [3.63, 3.8) is 0 Å². The van der Waals surface area contributed by atoms with E-state index in [1.54, 1.807) is 18.2 Å². The average Bonchev–Trinajstić information content (AvgIpc) is 3.60. The Labute approximate surface area is 216 Å². The van der Waals surface area contributed by atoms with Crippen LogP contribution in [0.1, 0.15) is 27.6 Å². The lowest BCUT2D eigenvalue weighted by molar-refractivity contribution is -0.132. The summed E-state index contributed by atoms with van der Waals surface area (Å²) >= 11 is 1.37. The van der Waals surface area contributed by atoms with Gasteiger partial charge >= 0.3 is 5.91 Å². The van der Waals surface area contributed by atoms with E-state index in [-0.39, 0.29) is 17.3 Å². The van der Waals surface area contributed by atoms with Crippen LogP contribution in [0.2, 0.25) is 0 Å². The number of aromatic amines is 1. The molecule has 1 unspecified atom stereocenters. The Hall–Kier alpha value is -4.31. The molecule has 10 heteroatoms. The van der Waals surface area contributed by atoms with Crippen LogP contribution in [0.15, 0.2) is 47.4 Å². The lowest BCUT2D eigenvalue weighted by atomic mass is 9.97. The van der Waals surface area contributed by atoms with Gasteiger partial charge in [-0.3, -0.25) is 14.5 Å². The van der Waals surface area contributed by atoms with Crippen LogP contribution in [0.25, 0.3) is 16.8 Å². The third-order valence-electron chi connectivity index (χ3n) is 6.34. The maximum absolute atomic E-state index is 13.5. The Morgan fingerprint density at radius 2 is 1.78 bits per heavy atom. The van der Waals surface area contributed by atoms with Crippen molar-refractivity contribution in [1.82, 2.24) is 9.97 Å². The number of H-pyrrole nitrogens is 1. The molecule has 2 aromatic carbocycles. The quantitative estimate of drug-likeness (QED) is 0.212. The molecule has 1 aliphatic heterocycles. The first-order chi connectivity index (χ1) is 17.8. The Kier molecular flexibility index (Phi) is 6.12. The number of carbonyl (C=O) groups excluding carboxylic acids is 2. The Morgan fingerprint density at radius 3 is 2.43 bits per heavy atom. The Balaban J connectivity index is 1.73. The summed E-state index contributed by atoms with van der Waals surface area (Å²) in [4.78, 5) is 36.6. The number of amides is 1. The molecule has 5 rings (SSSR count). The fraction of sp³-hybridized carbons (Fsp3) is 0.222. The van der Waals surface area contributed by atoms with Gasteiger partial charge in [0, 0.05) is 17.0 Å². The third kappa shape index (κ3) is 3.89. The highest BCUT2D eigenvalue weighted by Gasteiger charge is 2.49. The Bertz CT molecular complexity index is 1530. The van der Waals surface area contributed by atoms with Gasteiger partial charge < -0.3 is 24.3 Å². The number of aliphatic hydroxyl groups excluding tert-OH is 1. The number of methoxy groups -OCH3 is 3. The first-order valence-corrected chi connectivity index (χ1v) is 12.3. The second-order valence-electron chi connectivity index (χ2n) is 8.63. The number of ketones is 1. The zero-order chi connectivity index (χ0) is 26.4. The van der Waals surface area contributed by atoms with E-state index in [1.165, 1.54) is 37.6 Å². The van der Waals surface area contributed by atoms with Gasteiger partial charge in [-0.25, -0.2) is 4.98 Å². The molecule has 2 aromatic heterocycles. The average molecular weight is 520 g/mol. The van der Waals surface area contributed by atoms with Crippen molar-refractivity contribution in [3.05, 3.63) is 68.9 Å². The number of aryl methyl sites for hydroxylation is 2. The van der Waals surface area contributed by atoms with Crippen molar-refractivity contribution < 1.29 is 28.9 Å². The van der Waals surface area contributed by atoms with E-state index in [0.717, 1.165) is 11.1 Å². The fourth-order valence-electron chi connectivity index (χ4n) is 4.75. The van der Waals surface area contributed by atoms with Crippen LogP contribution in [0.5, 0.6) is 17.2 Å².